The molecule has 1 fully saturated rings. The number of fused-ring (bicyclic) bond motifs is 2. The van der Waals surface area contributed by atoms with Crippen LogP contribution in [0.5, 0.6) is 11.5 Å². The maximum atomic E-state index is 13.2. The summed E-state index contributed by atoms with van der Waals surface area (Å²) in [6, 6.07) is 12.0. The molecule has 0 aliphatic carbocycles. The lowest BCUT2D eigenvalue weighted by Crippen LogP contribution is -2.40. The van der Waals surface area contributed by atoms with Crippen LogP contribution in [0.15, 0.2) is 47.4 Å². The highest BCUT2D eigenvalue weighted by atomic mass is 32.2. The predicted octanol–water partition coefficient (Wildman–Crippen LogP) is 2.52. The number of rotatable bonds is 5. The van der Waals surface area contributed by atoms with Crippen LogP contribution >= 0.6 is 0 Å². The molecule has 1 aromatic heterocycles. The van der Waals surface area contributed by atoms with Crippen molar-refractivity contribution in [2.75, 3.05) is 32.0 Å². The molecule has 0 atom stereocenters. The van der Waals surface area contributed by atoms with Gasteiger partial charge >= 0.3 is 5.97 Å². The van der Waals surface area contributed by atoms with Crippen molar-refractivity contribution in [3.63, 3.8) is 0 Å². The summed E-state index contributed by atoms with van der Waals surface area (Å²) >= 11 is 0. The van der Waals surface area contributed by atoms with Gasteiger partial charge in [0, 0.05) is 31.0 Å². The third kappa shape index (κ3) is 4.87. The number of carbonyl (C=O) groups excluding carboxylic acids is 1. The second-order valence-electron chi connectivity index (χ2n) is 8.49. The zero-order valence-electron chi connectivity index (χ0n) is 19.1. The Hall–Kier alpha value is -3.44. The summed E-state index contributed by atoms with van der Waals surface area (Å²) in [5.74, 6) is 0.827. The molecular formula is C24H26N4O6S. The van der Waals surface area contributed by atoms with E-state index in [1.54, 1.807) is 6.07 Å². The van der Waals surface area contributed by atoms with Gasteiger partial charge in [-0.05, 0) is 37.1 Å². The lowest BCUT2D eigenvalue weighted by atomic mass is 9.98. The van der Waals surface area contributed by atoms with Crippen LogP contribution in [0.25, 0.3) is 10.9 Å². The number of sulfonamides is 1. The summed E-state index contributed by atoms with van der Waals surface area (Å²) in [5.41, 5.74) is 6.67. The van der Waals surface area contributed by atoms with Gasteiger partial charge in [0.05, 0.1) is 29.5 Å². The fraction of sp³-hybridized carbons (Fsp3) is 0.375. The molecule has 3 heterocycles. The van der Waals surface area contributed by atoms with Crippen molar-refractivity contribution in [1.82, 2.24) is 14.3 Å². The Balaban J connectivity index is 1.19. The van der Waals surface area contributed by atoms with Crippen LogP contribution in [0.1, 0.15) is 25.1 Å². The molecule has 2 aliphatic rings. The minimum absolute atomic E-state index is 0.0937. The highest BCUT2D eigenvalue weighted by Crippen LogP contribution is 2.34. The van der Waals surface area contributed by atoms with Gasteiger partial charge in [0.25, 0.3) is 0 Å². The summed E-state index contributed by atoms with van der Waals surface area (Å²) in [7, 11) is -3.73. The number of benzene rings is 2. The number of ether oxygens (including phenoxy) is 3. The molecule has 2 aliphatic heterocycles. The number of esters is 1. The van der Waals surface area contributed by atoms with Crippen molar-refractivity contribution >= 4 is 32.7 Å². The van der Waals surface area contributed by atoms with Gasteiger partial charge in [-0.2, -0.15) is 4.31 Å². The van der Waals surface area contributed by atoms with E-state index in [1.165, 1.54) is 16.4 Å². The zero-order chi connectivity index (χ0) is 24.4. The van der Waals surface area contributed by atoms with Gasteiger partial charge in [-0.25, -0.2) is 18.4 Å². The van der Waals surface area contributed by atoms with Crippen LogP contribution in [0.4, 0.5) is 5.82 Å². The summed E-state index contributed by atoms with van der Waals surface area (Å²) in [6.07, 6.45) is 1.47. The molecule has 2 aromatic carbocycles. The molecule has 0 saturated carbocycles. The van der Waals surface area contributed by atoms with E-state index in [2.05, 4.69) is 9.97 Å². The molecule has 184 valence electrons. The first-order chi connectivity index (χ1) is 16.9. The number of piperidine rings is 1. The average molecular weight is 499 g/mol. The fourth-order valence-corrected chi connectivity index (χ4v) is 5.74. The van der Waals surface area contributed by atoms with Crippen LogP contribution < -0.4 is 15.2 Å². The standard InChI is InChI=1S/C24H26N4O6S/c25-23-18-4-1-2-5-19(18)26-22(27-23)15-34-24(29)16-8-10-28(11-9-16)35(30,31)17-6-7-20-21(14-17)33-13-3-12-32-20/h1-2,4-7,14,16H,3,8-13,15H2,(H2,25,26,27). The SMILES string of the molecule is Nc1nc(COC(=O)C2CCN(S(=O)(=O)c3ccc4c(c3)OCCCO4)CC2)nc2ccccc12. The van der Waals surface area contributed by atoms with E-state index in [0.717, 1.165) is 11.8 Å². The second kappa shape index (κ2) is 9.67. The smallest absolute Gasteiger partial charge is 0.309 e. The molecule has 0 radical (unpaired) electrons. The molecule has 11 heteroatoms. The summed E-state index contributed by atoms with van der Waals surface area (Å²) in [6.45, 7) is 1.35. The van der Waals surface area contributed by atoms with E-state index < -0.39 is 21.9 Å². The van der Waals surface area contributed by atoms with Gasteiger partial charge in [-0.3, -0.25) is 4.79 Å². The van der Waals surface area contributed by atoms with Crippen LogP contribution in [0.3, 0.4) is 0 Å². The number of anilines is 1. The highest BCUT2D eigenvalue weighted by Gasteiger charge is 2.33. The largest absolute Gasteiger partial charge is 0.490 e. The normalized spacial score (nSPS) is 17.1. The second-order valence-corrected chi connectivity index (χ2v) is 10.4. The highest BCUT2D eigenvalue weighted by molar-refractivity contribution is 7.89. The molecule has 35 heavy (non-hydrogen) atoms. The fourth-order valence-electron chi connectivity index (χ4n) is 4.25. The predicted molar refractivity (Wildman–Crippen MR) is 127 cm³/mol. The molecule has 5 rings (SSSR count). The first-order valence-electron chi connectivity index (χ1n) is 11.5. The quantitative estimate of drug-likeness (QED) is 0.527. The first kappa shape index (κ1) is 23.3. The van der Waals surface area contributed by atoms with E-state index in [0.29, 0.717) is 54.7 Å². The average Bonchev–Trinajstić information content (AvgIpc) is 3.12. The topological polar surface area (TPSA) is 134 Å². The van der Waals surface area contributed by atoms with Gasteiger partial charge in [-0.15, -0.1) is 0 Å². The molecule has 0 amide bonds. The van der Waals surface area contributed by atoms with Gasteiger partial charge in [-0.1, -0.05) is 12.1 Å². The molecule has 10 nitrogen and oxygen atoms in total. The first-order valence-corrected chi connectivity index (χ1v) is 12.9. The van der Waals surface area contributed by atoms with Crippen LogP contribution in [0, 0.1) is 5.92 Å². The monoisotopic (exact) mass is 498 g/mol. The van der Waals surface area contributed by atoms with Gasteiger partial charge in [0.2, 0.25) is 10.0 Å². The Kier molecular flexibility index (Phi) is 6.44. The Morgan fingerprint density at radius 3 is 2.60 bits per heavy atom. The number of hydrogen-bond acceptors (Lipinski definition) is 9. The van der Waals surface area contributed by atoms with Gasteiger partial charge in [0.1, 0.15) is 5.82 Å². The Morgan fingerprint density at radius 1 is 1.06 bits per heavy atom. The lowest BCUT2D eigenvalue weighted by Gasteiger charge is -2.30. The number of para-hydroxylation sites is 1. The molecule has 0 unspecified atom stereocenters. The van der Waals surface area contributed by atoms with Crippen molar-refractivity contribution in [2.24, 2.45) is 5.92 Å². The minimum atomic E-state index is -3.73. The van der Waals surface area contributed by atoms with E-state index >= 15 is 0 Å². The molecule has 0 spiro atoms. The molecule has 3 aromatic rings. The van der Waals surface area contributed by atoms with Crippen molar-refractivity contribution in [1.29, 1.82) is 0 Å². The molecule has 0 bridgehead atoms. The summed E-state index contributed by atoms with van der Waals surface area (Å²) in [5, 5.41) is 0.740. The Bertz CT molecular complexity index is 1360. The van der Waals surface area contributed by atoms with Crippen LogP contribution in [-0.2, 0) is 26.2 Å². The van der Waals surface area contributed by atoms with Crippen molar-refractivity contribution in [2.45, 2.75) is 30.8 Å². The molecule has 1 saturated heterocycles. The van der Waals surface area contributed by atoms with E-state index in [4.69, 9.17) is 19.9 Å². The zero-order valence-corrected chi connectivity index (χ0v) is 19.9. The van der Waals surface area contributed by atoms with Crippen LogP contribution in [0.2, 0.25) is 0 Å². The maximum absolute atomic E-state index is 13.2. The van der Waals surface area contributed by atoms with E-state index in [-0.39, 0.29) is 24.6 Å². The number of nitrogen functional groups attached to an aromatic ring is 1. The number of nitrogens with two attached hydrogens (primary N) is 1. The number of nitrogens with zero attached hydrogens (tertiary/aromatic N) is 3. The van der Waals surface area contributed by atoms with Crippen molar-refractivity contribution in [3.8, 4) is 11.5 Å². The molecule has 2 N–H and O–H groups in total. The maximum Gasteiger partial charge on any atom is 0.309 e. The molecular weight excluding hydrogens is 472 g/mol. The number of aromatic nitrogens is 2. The third-order valence-corrected chi connectivity index (χ3v) is 8.06. The van der Waals surface area contributed by atoms with E-state index in [9.17, 15) is 13.2 Å². The Labute approximate surface area is 203 Å². The Morgan fingerprint density at radius 2 is 1.80 bits per heavy atom. The van der Waals surface area contributed by atoms with Crippen molar-refractivity contribution < 1.29 is 27.4 Å². The van der Waals surface area contributed by atoms with E-state index in [1.807, 2.05) is 24.3 Å². The number of carbonyl (C=O) groups is 1. The third-order valence-electron chi connectivity index (χ3n) is 6.17. The number of hydrogen-bond donors (Lipinski definition) is 1. The lowest BCUT2D eigenvalue weighted by molar-refractivity contribution is -0.151. The van der Waals surface area contributed by atoms with Crippen molar-refractivity contribution in [3.05, 3.63) is 48.3 Å². The minimum Gasteiger partial charge on any atom is -0.490 e. The summed E-state index contributed by atoms with van der Waals surface area (Å²) < 4.78 is 44.4. The van der Waals surface area contributed by atoms with Gasteiger partial charge in [0.15, 0.2) is 23.9 Å². The summed E-state index contributed by atoms with van der Waals surface area (Å²) in [4.78, 5) is 21.4. The van der Waals surface area contributed by atoms with Crippen LogP contribution in [-0.4, -0.2) is 55.0 Å². The van der Waals surface area contributed by atoms with Gasteiger partial charge < -0.3 is 19.9 Å².